The van der Waals surface area contributed by atoms with E-state index in [0.29, 0.717) is 29.1 Å². The van der Waals surface area contributed by atoms with Crippen LogP contribution in [-0.2, 0) is 24.2 Å². The molecule has 3 aromatic carbocycles. The minimum absolute atomic E-state index is 0.0600. The van der Waals surface area contributed by atoms with Gasteiger partial charge < -0.3 is 4.90 Å². The van der Waals surface area contributed by atoms with Crippen molar-refractivity contribution in [1.29, 1.82) is 0 Å². The number of hydrogen-bond donors (Lipinski definition) is 0. The first-order valence-electron chi connectivity index (χ1n) is 11.2. The average molecular weight is 456 g/mol. The fraction of sp³-hybridized carbons (Fsp3) is 0.222. The molecule has 5 rings (SSSR count). The Kier molecular flexibility index (Phi) is 6.01. The third-order valence-electron chi connectivity index (χ3n) is 6.16. The van der Waals surface area contributed by atoms with Gasteiger partial charge in [0.05, 0.1) is 22.3 Å². The zero-order valence-corrected chi connectivity index (χ0v) is 19.3. The van der Waals surface area contributed by atoms with E-state index < -0.39 is 0 Å². The van der Waals surface area contributed by atoms with Crippen molar-refractivity contribution in [3.8, 4) is 5.69 Å². The van der Waals surface area contributed by atoms with Crippen LogP contribution in [0, 0.1) is 0 Å². The number of carbonyl (C=O) groups excluding carboxylic acids is 1. The summed E-state index contributed by atoms with van der Waals surface area (Å²) in [6.45, 7) is 3.45. The smallest absolute Gasteiger partial charge is 0.266 e. The molecule has 1 aliphatic rings. The van der Waals surface area contributed by atoms with Crippen LogP contribution in [0.4, 0.5) is 0 Å². The maximum absolute atomic E-state index is 13.4. The molecular formula is C27H25N3O2S. The minimum Gasteiger partial charge on any atom is -0.337 e. The number of benzene rings is 3. The lowest BCUT2D eigenvalue weighted by molar-refractivity contribution is -0.129. The molecule has 0 radical (unpaired) electrons. The summed E-state index contributed by atoms with van der Waals surface area (Å²) >= 11 is 1.32. The largest absolute Gasteiger partial charge is 0.337 e. The molecule has 6 heteroatoms. The van der Waals surface area contributed by atoms with Gasteiger partial charge >= 0.3 is 0 Å². The maximum Gasteiger partial charge on any atom is 0.266 e. The molecule has 0 N–H and O–H groups in total. The Morgan fingerprint density at radius 1 is 0.970 bits per heavy atom. The summed E-state index contributed by atoms with van der Waals surface area (Å²) in [6.07, 6.45) is 1.80. The van der Waals surface area contributed by atoms with Crippen LogP contribution < -0.4 is 5.56 Å². The van der Waals surface area contributed by atoms with E-state index in [1.807, 2.05) is 59.5 Å². The van der Waals surface area contributed by atoms with E-state index in [2.05, 4.69) is 19.1 Å². The number of nitrogens with zero attached hydrogens (tertiary/aromatic N) is 3. The zero-order valence-electron chi connectivity index (χ0n) is 18.5. The molecule has 5 nitrogen and oxygen atoms in total. The lowest BCUT2D eigenvalue weighted by Gasteiger charge is -2.28. The molecule has 1 aliphatic heterocycles. The molecule has 1 aromatic heterocycles. The number of amides is 1. The molecule has 0 saturated carbocycles. The Bertz CT molecular complexity index is 1380. The topological polar surface area (TPSA) is 55.2 Å². The van der Waals surface area contributed by atoms with Crippen molar-refractivity contribution in [2.45, 2.75) is 31.5 Å². The zero-order chi connectivity index (χ0) is 22.8. The molecule has 4 aromatic rings. The molecule has 0 saturated heterocycles. The molecule has 33 heavy (non-hydrogen) atoms. The summed E-state index contributed by atoms with van der Waals surface area (Å²) in [5, 5.41) is 1.11. The summed E-state index contributed by atoms with van der Waals surface area (Å²) in [7, 11) is 0. The van der Waals surface area contributed by atoms with Crippen molar-refractivity contribution in [2.75, 3.05) is 12.3 Å². The Labute approximate surface area is 197 Å². The van der Waals surface area contributed by atoms with Crippen molar-refractivity contribution >= 4 is 28.6 Å². The van der Waals surface area contributed by atoms with Crippen molar-refractivity contribution in [1.82, 2.24) is 14.5 Å². The second-order valence-corrected chi connectivity index (χ2v) is 9.14. The third kappa shape index (κ3) is 4.31. The van der Waals surface area contributed by atoms with Gasteiger partial charge in [-0.3, -0.25) is 14.2 Å². The summed E-state index contributed by atoms with van der Waals surface area (Å²) < 4.78 is 1.63. The second kappa shape index (κ2) is 9.24. The number of para-hydroxylation sites is 1. The van der Waals surface area contributed by atoms with Gasteiger partial charge in [0.1, 0.15) is 0 Å². The Balaban J connectivity index is 1.44. The average Bonchev–Trinajstić information content (AvgIpc) is 2.87. The van der Waals surface area contributed by atoms with Crippen molar-refractivity contribution < 1.29 is 4.79 Å². The van der Waals surface area contributed by atoms with Gasteiger partial charge in [0.2, 0.25) is 5.91 Å². The van der Waals surface area contributed by atoms with Gasteiger partial charge in [-0.15, -0.1) is 0 Å². The van der Waals surface area contributed by atoms with Gasteiger partial charge in [-0.1, -0.05) is 67.2 Å². The van der Waals surface area contributed by atoms with Gasteiger partial charge in [-0.05, 0) is 53.8 Å². The predicted octanol–water partition coefficient (Wildman–Crippen LogP) is 4.63. The molecule has 1 amide bonds. The fourth-order valence-corrected chi connectivity index (χ4v) is 5.16. The molecule has 0 aliphatic carbocycles. The number of hydrogen-bond acceptors (Lipinski definition) is 4. The van der Waals surface area contributed by atoms with Crippen molar-refractivity contribution in [3.63, 3.8) is 0 Å². The summed E-state index contributed by atoms with van der Waals surface area (Å²) in [4.78, 5) is 33.1. The first kappa shape index (κ1) is 21.5. The van der Waals surface area contributed by atoms with Gasteiger partial charge in [-0.25, -0.2) is 4.98 Å². The standard InChI is InChI=1S/C27H25N3O2S/c1-2-19-11-13-22(14-12-19)30-26(32)23-9-5-6-10-24(23)28-27(30)33-18-25(31)29-16-15-20-7-3-4-8-21(20)17-29/h3-14H,2,15-18H2,1H3. The van der Waals surface area contributed by atoms with E-state index in [4.69, 9.17) is 4.98 Å². The highest BCUT2D eigenvalue weighted by Gasteiger charge is 2.22. The predicted molar refractivity (Wildman–Crippen MR) is 133 cm³/mol. The number of carbonyl (C=O) groups is 1. The fourth-order valence-electron chi connectivity index (χ4n) is 4.24. The van der Waals surface area contributed by atoms with E-state index in [0.717, 1.165) is 18.5 Å². The Morgan fingerprint density at radius 2 is 1.70 bits per heavy atom. The second-order valence-electron chi connectivity index (χ2n) is 8.19. The first-order valence-corrected chi connectivity index (χ1v) is 12.2. The quantitative estimate of drug-likeness (QED) is 0.325. The highest BCUT2D eigenvalue weighted by molar-refractivity contribution is 7.99. The van der Waals surface area contributed by atoms with E-state index >= 15 is 0 Å². The van der Waals surface area contributed by atoms with E-state index in [1.165, 1.54) is 28.5 Å². The number of rotatable bonds is 5. The van der Waals surface area contributed by atoms with E-state index in [-0.39, 0.29) is 17.2 Å². The first-order chi connectivity index (χ1) is 16.1. The highest BCUT2D eigenvalue weighted by Crippen LogP contribution is 2.24. The van der Waals surface area contributed by atoms with Gasteiger partial charge in [0, 0.05) is 13.1 Å². The molecular weight excluding hydrogens is 430 g/mol. The summed E-state index contributed by atoms with van der Waals surface area (Å²) in [5.74, 6) is 0.296. The SMILES string of the molecule is CCc1ccc(-n2c(SCC(=O)N3CCc4ccccc4C3)nc3ccccc3c2=O)cc1. The van der Waals surface area contributed by atoms with Crippen LogP contribution in [-0.4, -0.2) is 32.7 Å². The van der Waals surface area contributed by atoms with Crippen LogP contribution >= 0.6 is 11.8 Å². The lowest BCUT2D eigenvalue weighted by atomic mass is 10.00. The summed E-state index contributed by atoms with van der Waals surface area (Å²) in [6, 6.07) is 23.6. The molecule has 0 fully saturated rings. The Morgan fingerprint density at radius 3 is 2.48 bits per heavy atom. The van der Waals surface area contributed by atoms with Crippen LogP contribution in [0.15, 0.2) is 82.7 Å². The molecule has 166 valence electrons. The van der Waals surface area contributed by atoms with Crippen LogP contribution in [0.25, 0.3) is 16.6 Å². The molecule has 0 atom stereocenters. The highest BCUT2D eigenvalue weighted by atomic mass is 32.2. The Hall–Kier alpha value is -3.38. The van der Waals surface area contributed by atoms with E-state index in [9.17, 15) is 9.59 Å². The van der Waals surface area contributed by atoms with Crippen LogP contribution in [0.3, 0.4) is 0 Å². The monoisotopic (exact) mass is 455 g/mol. The third-order valence-corrected chi connectivity index (χ3v) is 7.08. The van der Waals surface area contributed by atoms with E-state index in [1.54, 1.807) is 10.6 Å². The maximum atomic E-state index is 13.4. The lowest BCUT2D eigenvalue weighted by Crippen LogP contribution is -2.37. The number of aryl methyl sites for hydroxylation is 1. The van der Waals surface area contributed by atoms with Gasteiger partial charge in [0.25, 0.3) is 5.56 Å². The number of thioether (sulfide) groups is 1. The van der Waals surface area contributed by atoms with Crippen LogP contribution in [0.2, 0.25) is 0 Å². The molecule has 0 bridgehead atoms. The van der Waals surface area contributed by atoms with Crippen LogP contribution in [0.5, 0.6) is 0 Å². The van der Waals surface area contributed by atoms with Crippen molar-refractivity contribution in [3.05, 3.63) is 99.8 Å². The summed E-state index contributed by atoms with van der Waals surface area (Å²) in [5.41, 5.74) is 5.01. The van der Waals surface area contributed by atoms with Gasteiger partial charge in [0.15, 0.2) is 5.16 Å². The minimum atomic E-state index is -0.119. The molecule has 0 spiro atoms. The molecule has 0 unspecified atom stereocenters. The number of aromatic nitrogens is 2. The van der Waals surface area contributed by atoms with Crippen LogP contribution in [0.1, 0.15) is 23.6 Å². The van der Waals surface area contributed by atoms with Crippen molar-refractivity contribution in [2.24, 2.45) is 0 Å². The number of fused-ring (bicyclic) bond motifs is 2. The normalized spacial score (nSPS) is 13.2. The molecule has 2 heterocycles. The van der Waals surface area contributed by atoms with Gasteiger partial charge in [-0.2, -0.15) is 0 Å².